The van der Waals surface area contributed by atoms with Gasteiger partial charge >= 0.3 is 0 Å². The fourth-order valence-corrected chi connectivity index (χ4v) is 2.80. The van der Waals surface area contributed by atoms with Gasteiger partial charge in [-0.15, -0.1) is 12.4 Å². The van der Waals surface area contributed by atoms with Crippen molar-refractivity contribution in [2.24, 2.45) is 5.92 Å². The Bertz CT molecular complexity index is 558. The van der Waals surface area contributed by atoms with Gasteiger partial charge in [0.25, 0.3) is 5.91 Å². The molecule has 1 saturated heterocycles. The number of hydrogen-bond acceptors (Lipinski definition) is 4. The minimum Gasteiger partial charge on any atom is -0.484 e. The predicted octanol–water partition coefficient (Wildman–Crippen LogP) is 2.29. The number of nitrogens with zero attached hydrogens (tertiary/aromatic N) is 1. The van der Waals surface area contributed by atoms with Gasteiger partial charge in [0.1, 0.15) is 5.75 Å². The second kappa shape index (κ2) is 10.9. The van der Waals surface area contributed by atoms with E-state index in [2.05, 4.69) is 10.6 Å². The van der Waals surface area contributed by atoms with Crippen molar-refractivity contribution in [3.8, 4) is 5.75 Å². The Morgan fingerprint density at radius 1 is 1.32 bits per heavy atom. The Morgan fingerprint density at radius 2 is 2.08 bits per heavy atom. The molecule has 1 aliphatic rings. The minimum atomic E-state index is -0.0391. The number of piperidine rings is 1. The van der Waals surface area contributed by atoms with Gasteiger partial charge in [-0.05, 0) is 45.4 Å². The van der Waals surface area contributed by atoms with Crippen LogP contribution in [-0.2, 0) is 9.59 Å². The largest absolute Gasteiger partial charge is 0.484 e. The molecule has 1 fully saturated rings. The van der Waals surface area contributed by atoms with Crippen molar-refractivity contribution in [3.05, 3.63) is 24.3 Å². The highest BCUT2D eigenvalue weighted by Crippen LogP contribution is 2.19. The van der Waals surface area contributed by atoms with Crippen LogP contribution in [0.5, 0.6) is 5.75 Å². The van der Waals surface area contributed by atoms with Crippen molar-refractivity contribution in [2.75, 3.05) is 38.1 Å². The number of likely N-dealkylation sites (N-methyl/N-ethyl adjacent to an activating group) is 1. The molecule has 1 aromatic rings. The smallest absolute Gasteiger partial charge is 0.260 e. The maximum Gasteiger partial charge on any atom is 0.260 e. The summed E-state index contributed by atoms with van der Waals surface area (Å²) in [6, 6.07) is 7.18. The first kappa shape index (κ1) is 21.3. The van der Waals surface area contributed by atoms with Crippen LogP contribution in [0.25, 0.3) is 0 Å². The molecule has 1 heterocycles. The molecular formula is C18H28ClN3O3. The van der Waals surface area contributed by atoms with E-state index in [4.69, 9.17) is 4.74 Å². The van der Waals surface area contributed by atoms with E-state index >= 15 is 0 Å². The van der Waals surface area contributed by atoms with E-state index in [0.29, 0.717) is 24.5 Å². The molecule has 140 valence electrons. The summed E-state index contributed by atoms with van der Waals surface area (Å²) in [4.78, 5) is 26.0. The molecule has 0 saturated carbocycles. The van der Waals surface area contributed by atoms with E-state index in [1.165, 1.54) is 0 Å². The van der Waals surface area contributed by atoms with Crippen molar-refractivity contribution >= 4 is 29.9 Å². The first-order valence-corrected chi connectivity index (χ1v) is 8.66. The zero-order valence-electron chi connectivity index (χ0n) is 14.9. The second-order valence-corrected chi connectivity index (χ2v) is 5.92. The third kappa shape index (κ3) is 6.55. The molecule has 6 nitrogen and oxygen atoms in total. The summed E-state index contributed by atoms with van der Waals surface area (Å²) in [5, 5.41) is 6.17. The molecule has 0 radical (unpaired) electrons. The maximum absolute atomic E-state index is 12.3. The zero-order valence-corrected chi connectivity index (χ0v) is 15.7. The molecule has 0 aliphatic carbocycles. The third-order valence-corrected chi connectivity index (χ3v) is 4.25. The summed E-state index contributed by atoms with van der Waals surface area (Å²) >= 11 is 0. The summed E-state index contributed by atoms with van der Waals surface area (Å²) in [7, 11) is 0. The fourth-order valence-electron chi connectivity index (χ4n) is 2.80. The number of carbonyl (C=O) groups excluding carboxylic acids is 2. The highest BCUT2D eigenvalue weighted by molar-refractivity contribution is 5.93. The van der Waals surface area contributed by atoms with Crippen LogP contribution in [0.3, 0.4) is 0 Å². The molecule has 7 heteroatoms. The molecule has 1 aromatic carbocycles. The number of ether oxygens (including phenoxy) is 1. The van der Waals surface area contributed by atoms with Crippen LogP contribution >= 0.6 is 12.4 Å². The van der Waals surface area contributed by atoms with Crippen LogP contribution in [0, 0.1) is 5.92 Å². The SMILES string of the molecule is CCN(CC)C(=O)COc1cccc(NC(=O)C2CCCNC2)c1.Cl. The first-order valence-electron chi connectivity index (χ1n) is 8.66. The Balaban J connectivity index is 0.00000312. The van der Waals surface area contributed by atoms with Crippen molar-refractivity contribution in [1.82, 2.24) is 10.2 Å². The Kier molecular flexibility index (Phi) is 9.31. The standard InChI is InChI=1S/C18H27N3O3.ClH/c1-3-21(4-2)17(22)13-24-16-9-5-8-15(11-16)20-18(23)14-7-6-10-19-12-14;/h5,8-9,11,14,19H,3-4,6-7,10,12-13H2,1-2H3,(H,20,23);1H. The van der Waals surface area contributed by atoms with Crippen LogP contribution in [0.2, 0.25) is 0 Å². The average Bonchev–Trinajstić information content (AvgIpc) is 2.62. The van der Waals surface area contributed by atoms with E-state index in [-0.39, 0.29) is 36.7 Å². The van der Waals surface area contributed by atoms with Crippen molar-refractivity contribution < 1.29 is 14.3 Å². The molecular weight excluding hydrogens is 342 g/mol. The highest BCUT2D eigenvalue weighted by atomic mass is 35.5. The molecule has 1 unspecified atom stereocenters. The monoisotopic (exact) mass is 369 g/mol. The Hall–Kier alpha value is -1.79. The number of anilines is 1. The molecule has 25 heavy (non-hydrogen) atoms. The van der Waals surface area contributed by atoms with E-state index in [1.807, 2.05) is 26.0 Å². The third-order valence-electron chi connectivity index (χ3n) is 4.25. The molecule has 0 spiro atoms. The molecule has 0 bridgehead atoms. The van der Waals surface area contributed by atoms with Crippen LogP contribution in [0.1, 0.15) is 26.7 Å². The van der Waals surface area contributed by atoms with Crippen molar-refractivity contribution in [3.63, 3.8) is 0 Å². The molecule has 0 aromatic heterocycles. The lowest BCUT2D eigenvalue weighted by Crippen LogP contribution is -2.37. The second-order valence-electron chi connectivity index (χ2n) is 5.92. The topological polar surface area (TPSA) is 70.7 Å². The van der Waals surface area contributed by atoms with E-state index in [1.54, 1.807) is 17.0 Å². The van der Waals surface area contributed by atoms with Crippen LogP contribution in [0.15, 0.2) is 24.3 Å². The maximum atomic E-state index is 12.3. The molecule has 1 atom stereocenters. The first-order chi connectivity index (χ1) is 11.6. The number of amides is 2. The van der Waals surface area contributed by atoms with Gasteiger partial charge in [0, 0.05) is 31.4 Å². The number of rotatable bonds is 7. The summed E-state index contributed by atoms with van der Waals surface area (Å²) in [5.41, 5.74) is 0.693. The number of halogens is 1. The Labute approximate surface area is 155 Å². The zero-order chi connectivity index (χ0) is 17.4. The number of nitrogens with one attached hydrogen (secondary N) is 2. The van der Waals surface area contributed by atoms with Crippen molar-refractivity contribution in [1.29, 1.82) is 0 Å². The lowest BCUT2D eigenvalue weighted by molar-refractivity contribution is -0.133. The normalized spacial score (nSPS) is 16.5. The fraction of sp³-hybridized carbons (Fsp3) is 0.556. The van der Waals surface area contributed by atoms with Crippen molar-refractivity contribution in [2.45, 2.75) is 26.7 Å². The van der Waals surface area contributed by atoms with Gasteiger partial charge in [-0.1, -0.05) is 6.07 Å². The van der Waals surface area contributed by atoms with Crippen LogP contribution in [0.4, 0.5) is 5.69 Å². The minimum absolute atomic E-state index is 0. The highest BCUT2D eigenvalue weighted by Gasteiger charge is 2.20. The van der Waals surface area contributed by atoms with E-state index < -0.39 is 0 Å². The molecule has 2 amide bonds. The van der Waals surface area contributed by atoms with Gasteiger partial charge in [-0.2, -0.15) is 0 Å². The van der Waals surface area contributed by atoms with Gasteiger partial charge in [0.2, 0.25) is 5.91 Å². The molecule has 2 N–H and O–H groups in total. The van der Waals surface area contributed by atoms with Gasteiger partial charge in [0.05, 0.1) is 5.92 Å². The molecule has 1 aliphatic heterocycles. The summed E-state index contributed by atoms with van der Waals surface area (Å²) in [6.45, 7) is 6.93. The van der Waals surface area contributed by atoms with Gasteiger partial charge in [-0.25, -0.2) is 0 Å². The van der Waals surface area contributed by atoms with Gasteiger partial charge < -0.3 is 20.3 Å². The molecule has 2 rings (SSSR count). The lowest BCUT2D eigenvalue weighted by atomic mass is 9.99. The van der Waals surface area contributed by atoms with Gasteiger partial charge in [0.15, 0.2) is 6.61 Å². The summed E-state index contributed by atoms with van der Waals surface area (Å²) < 4.78 is 5.57. The quantitative estimate of drug-likeness (QED) is 0.773. The van der Waals surface area contributed by atoms with Crippen LogP contribution < -0.4 is 15.4 Å². The number of benzene rings is 1. The Morgan fingerprint density at radius 3 is 2.72 bits per heavy atom. The lowest BCUT2D eigenvalue weighted by Gasteiger charge is -2.22. The van der Waals surface area contributed by atoms with Crippen LogP contribution in [-0.4, -0.2) is 49.5 Å². The summed E-state index contributed by atoms with van der Waals surface area (Å²) in [6.07, 6.45) is 1.93. The number of hydrogen-bond donors (Lipinski definition) is 2. The van der Waals surface area contributed by atoms with Gasteiger partial charge in [-0.3, -0.25) is 9.59 Å². The number of carbonyl (C=O) groups is 2. The summed E-state index contributed by atoms with van der Waals surface area (Å²) in [5.74, 6) is 0.573. The average molecular weight is 370 g/mol. The van der Waals surface area contributed by atoms with E-state index in [9.17, 15) is 9.59 Å². The predicted molar refractivity (Wildman–Crippen MR) is 101 cm³/mol. The van der Waals surface area contributed by atoms with E-state index in [0.717, 1.165) is 25.9 Å².